The molecule has 0 aliphatic heterocycles. The Morgan fingerprint density at radius 2 is 2.25 bits per heavy atom. The van der Waals surface area contributed by atoms with Crippen molar-refractivity contribution in [3.8, 4) is 0 Å². The predicted octanol–water partition coefficient (Wildman–Crippen LogP) is 2.29. The molecule has 0 aliphatic rings. The fourth-order valence-corrected chi connectivity index (χ4v) is 1.22. The van der Waals surface area contributed by atoms with Crippen LogP contribution in [0.15, 0.2) is 18.2 Å². The van der Waals surface area contributed by atoms with E-state index in [0.29, 0.717) is 5.88 Å². The van der Waals surface area contributed by atoms with Crippen LogP contribution < -0.4 is 0 Å². The third-order valence-corrected chi connectivity index (χ3v) is 1.82. The Balaban J connectivity index is 2.62. The summed E-state index contributed by atoms with van der Waals surface area (Å²) in [5.74, 6) is 0.569. The second-order valence-electron chi connectivity index (χ2n) is 2.73. The number of hydrogen-bond acceptors (Lipinski definition) is 1. The summed E-state index contributed by atoms with van der Waals surface area (Å²) in [5.41, 5.74) is 2.25. The molecule has 2 nitrogen and oxygen atoms in total. The van der Waals surface area contributed by atoms with Gasteiger partial charge < -0.3 is 0 Å². The molecule has 1 rings (SSSR count). The normalized spacial score (nSPS) is 11.2. The van der Waals surface area contributed by atoms with Crippen LogP contribution in [-0.2, 0) is 6.54 Å². The second-order valence-corrected chi connectivity index (χ2v) is 3.04. The molecular weight excluding hydrogens is 172 g/mol. The number of aryl methyl sites for hydroxylation is 2. The maximum atomic E-state index is 5.50. The monoisotopic (exact) mass is 184 g/mol. The van der Waals surface area contributed by atoms with Crippen molar-refractivity contribution in [2.24, 2.45) is 0 Å². The first-order valence-corrected chi connectivity index (χ1v) is 4.49. The first-order chi connectivity index (χ1) is 5.74. The van der Waals surface area contributed by atoms with Gasteiger partial charge in [-0.05, 0) is 19.9 Å². The summed E-state index contributed by atoms with van der Waals surface area (Å²) in [5, 5.41) is 4.30. The molecule has 0 aliphatic carbocycles. The van der Waals surface area contributed by atoms with E-state index in [1.807, 2.05) is 23.8 Å². The SMILES string of the molecule is Cc1cc(C)n(CC=CCCl)n1. The number of nitrogens with zero attached hydrogens (tertiary/aromatic N) is 2. The van der Waals surface area contributed by atoms with Gasteiger partial charge in [0.2, 0.25) is 0 Å². The van der Waals surface area contributed by atoms with Crippen molar-refractivity contribution in [3.63, 3.8) is 0 Å². The van der Waals surface area contributed by atoms with Crippen molar-refractivity contribution in [2.45, 2.75) is 20.4 Å². The standard InChI is InChI=1S/C9H13ClN2/c1-8-7-9(2)12(11-8)6-4-3-5-10/h3-4,7H,5-6H2,1-2H3. The minimum Gasteiger partial charge on any atom is -0.266 e. The maximum Gasteiger partial charge on any atom is 0.0596 e. The molecule has 1 aromatic heterocycles. The third-order valence-electron chi connectivity index (χ3n) is 1.64. The van der Waals surface area contributed by atoms with E-state index < -0.39 is 0 Å². The minimum absolute atomic E-state index is 0.569. The lowest BCUT2D eigenvalue weighted by molar-refractivity contribution is 0.672. The van der Waals surface area contributed by atoms with Gasteiger partial charge in [-0.2, -0.15) is 5.10 Å². The zero-order chi connectivity index (χ0) is 8.97. The minimum atomic E-state index is 0.569. The molecule has 0 bridgehead atoms. The molecule has 1 heterocycles. The highest BCUT2D eigenvalue weighted by molar-refractivity contribution is 6.18. The summed E-state index contributed by atoms with van der Waals surface area (Å²) in [7, 11) is 0. The first kappa shape index (κ1) is 9.33. The number of halogens is 1. The molecule has 0 radical (unpaired) electrons. The number of rotatable bonds is 3. The summed E-state index contributed by atoms with van der Waals surface area (Å²) >= 11 is 5.50. The molecule has 0 fully saturated rings. The molecule has 0 aromatic carbocycles. The van der Waals surface area contributed by atoms with Gasteiger partial charge >= 0.3 is 0 Å². The predicted molar refractivity (Wildman–Crippen MR) is 51.6 cm³/mol. The van der Waals surface area contributed by atoms with Crippen LogP contribution in [0.4, 0.5) is 0 Å². The number of alkyl halides is 1. The van der Waals surface area contributed by atoms with Crippen molar-refractivity contribution < 1.29 is 0 Å². The van der Waals surface area contributed by atoms with Gasteiger partial charge in [0.25, 0.3) is 0 Å². The van der Waals surface area contributed by atoms with Gasteiger partial charge in [0.05, 0.1) is 12.2 Å². The van der Waals surface area contributed by atoms with Crippen LogP contribution in [0.5, 0.6) is 0 Å². The van der Waals surface area contributed by atoms with Gasteiger partial charge in [-0.1, -0.05) is 12.2 Å². The summed E-state index contributed by atoms with van der Waals surface area (Å²) in [4.78, 5) is 0. The number of aromatic nitrogens is 2. The average molecular weight is 185 g/mol. The van der Waals surface area contributed by atoms with Crippen LogP contribution in [0.2, 0.25) is 0 Å². The molecule has 0 atom stereocenters. The molecule has 0 saturated heterocycles. The topological polar surface area (TPSA) is 17.8 Å². The van der Waals surface area contributed by atoms with Crippen LogP contribution in [0.25, 0.3) is 0 Å². The van der Waals surface area contributed by atoms with Gasteiger partial charge in [0, 0.05) is 11.6 Å². The number of allylic oxidation sites excluding steroid dienone is 2. The highest BCUT2D eigenvalue weighted by Gasteiger charge is 1.96. The Kier molecular flexibility index (Phi) is 3.35. The average Bonchev–Trinajstić information content (AvgIpc) is 2.31. The van der Waals surface area contributed by atoms with E-state index in [9.17, 15) is 0 Å². The number of hydrogen-bond donors (Lipinski definition) is 0. The van der Waals surface area contributed by atoms with Crippen molar-refractivity contribution in [1.29, 1.82) is 0 Å². The fraction of sp³-hybridized carbons (Fsp3) is 0.444. The molecule has 0 N–H and O–H groups in total. The molecule has 0 saturated carbocycles. The maximum absolute atomic E-state index is 5.50. The summed E-state index contributed by atoms with van der Waals surface area (Å²) in [6.07, 6.45) is 3.95. The van der Waals surface area contributed by atoms with Crippen molar-refractivity contribution in [3.05, 3.63) is 29.6 Å². The van der Waals surface area contributed by atoms with Gasteiger partial charge in [0.15, 0.2) is 0 Å². The van der Waals surface area contributed by atoms with Gasteiger partial charge in [0.1, 0.15) is 0 Å². The van der Waals surface area contributed by atoms with E-state index in [1.165, 1.54) is 5.69 Å². The highest BCUT2D eigenvalue weighted by Crippen LogP contribution is 2.01. The van der Waals surface area contributed by atoms with E-state index >= 15 is 0 Å². The van der Waals surface area contributed by atoms with E-state index in [1.54, 1.807) is 0 Å². The Morgan fingerprint density at radius 1 is 1.50 bits per heavy atom. The lowest BCUT2D eigenvalue weighted by Gasteiger charge is -1.97. The van der Waals surface area contributed by atoms with Crippen LogP contribution in [0.1, 0.15) is 11.4 Å². The van der Waals surface area contributed by atoms with Crippen molar-refractivity contribution >= 4 is 11.6 Å². The van der Waals surface area contributed by atoms with Crippen LogP contribution in [-0.4, -0.2) is 15.7 Å². The summed E-state index contributed by atoms with van der Waals surface area (Å²) in [6, 6.07) is 2.06. The zero-order valence-electron chi connectivity index (χ0n) is 7.42. The Bertz CT molecular complexity index is 276. The van der Waals surface area contributed by atoms with E-state index in [4.69, 9.17) is 11.6 Å². The van der Waals surface area contributed by atoms with Crippen LogP contribution in [0.3, 0.4) is 0 Å². The Labute approximate surface area is 77.8 Å². The van der Waals surface area contributed by atoms with E-state index in [-0.39, 0.29) is 0 Å². The van der Waals surface area contributed by atoms with Crippen LogP contribution >= 0.6 is 11.6 Å². The lowest BCUT2D eigenvalue weighted by Crippen LogP contribution is -1.99. The van der Waals surface area contributed by atoms with Gasteiger partial charge in [-0.25, -0.2) is 0 Å². The molecular formula is C9H13ClN2. The highest BCUT2D eigenvalue weighted by atomic mass is 35.5. The van der Waals surface area contributed by atoms with Crippen LogP contribution in [0, 0.1) is 13.8 Å². The van der Waals surface area contributed by atoms with E-state index in [0.717, 1.165) is 12.2 Å². The molecule has 1 aromatic rings. The Hall–Kier alpha value is -0.760. The first-order valence-electron chi connectivity index (χ1n) is 3.96. The van der Waals surface area contributed by atoms with Crippen molar-refractivity contribution in [2.75, 3.05) is 5.88 Å². The zero-order valence-corrected chi connectivity index (χ0v) is 8.17. The van der Waals surface area contributed by atoms with Crippen molar-refractivity contribution in [1.82, 2.24) is 9.78 Å². The summed E-state index contributed by atoms with van der Waals surface area (Å²) in [6.45, 7) is 4.86. The quantitative estimate of drug-likeness (QED) is 0.521. The third kappa shape index (κ3) is 2.38. The second kappa shape index (κ2) is 4.31. The molecule has 12 heavy (non-hydrogen) atoms. The molecule has 0 amide bonds. The molecule has 3 heteroatoms. The largest absolute Gasteiger partial charge is 0.266 e. The van der Waals surface area contributed by atoms with E-state index in [2.05, 4.69) is 18.1 Å². The van der Waals surface area contributed by atoms with Gasteiger partial charge in [-0.3, -0.25) is 4.68 Å². The lowest BCUT2D eigenvalue weighted by atomic mass is 10.4. The molecule has 0 unspecified atom stereocenters. The Morgan fingerprint density at radius 3 is 2.75 bits per heavy atom. The smallest absolute Gasteiger partial charge is 0.0596 e. The van der Waals surface area contributed by atoms with Gasteiger partial charge in [-0.15, -0.1) is 11.6 Å². The molecule has 66 valence electrons. The summed E-state index contributed by atoms with van der Waals surface area (Å²) < 4.78 is 1.96. The molecule has 0 spiro atoms. The fourth-order valence-electron chi connectivity index (χ4n) is 1.10.